The van der Waals surface area contributed by atoms with Crippen molar-refractivity contribution in [3.63, 3.8) is 0 Å². The van der Waals surface area contributed by atoms with Crippen LogP contribution in [0.2, 0.25) is 0 Å². The lowest BCUT2D eigenvalue weighted by molar-refractivity contribution is -0.152. The molecule has 0 aromatic carbocycles. The van der Waals surface area contributed by atoms with Gasteiger partial charge in [0.25, 0.3) is 0 Å². The number of piperidine rings is 1. The van der Waals surface area contributed by atoms with Crippen molar-refractivity contribution >= 4 is 12.1 Å². The predicted octanol–water partition coefficient (Wildman–Crippen LogP) is 2.51. The van der Waals surface area contributed by atoms with Crippen LogP contribution in [0, 0.1) is 5.41 Å². The Morgan fingerprint density at radius 2 is 1.88 bits per heavy atom. The number of hydrogen-bond donors (Lipinski definition) is 1. The molecule has 1 N–H and O–H groups in total. The molecule has 1 fully saturated rings. The Bertz CT molecular complexity index is 448. The number of alkyl carbamates (subject to hydrolysis) is 1. The standard InChI is InChI=1S/C17H31FN2O4/c1-16(2,3)24-15(22)19-10-13-9-12(18)7-8-20(13)11-17(4,5)14(21)23-6/h12-13H,7-11H2,1-6H3,(H,19,22). The van der Waals surface area contributed by atoms with Gasteiger partial charge in [0.05, 0.1) is 12.5 Å². The fraction of sp³-hybridized carbons (Fsp3) is 0.882. The second-order valence-corrected chi connectivity index (χ2v) is 8.00. The van der Waals surface area contributed by atoms with Crippen molar-refractivity contribution in [3.8, 4) is 0 Å². The molecule has 0 spiro atoms. The molecule has 0 aromatic rings. The van der Waals surface area contributed by atoms with Crippen LogP contribution in [0.3, 0.4) is 0 Å². The van der Waals surface area contributed by atoms with E-state index in [-0.39, 0.29) is 18.6 Å². The van der Waals surface area contributed by atoms with E-state index in [0.717, 1.165) is 0 Å². The van der Waals surface area contributed by atoms with Crippen molar-refractivity contribution in [3.05, 3.63) is 0 Å². The number of halogens is 1. The zero-order valence-electron chi connectivity index (χ0n) is 15.6. The highest BCUT2D eigenvalue weighted by Gasteiger charge is 2.36. The van der Waals surface area contributed by atoms with Crippen molar-refractivity contribution in [1.82, 2.24) is 10.2 Å². The van der Waals surface area contributed by atoms with Crippen LogP contribution in [0.15, 0.2) is 0 Å². The normalized spacial score (nSPS) is 22.8. The van der Waals surface area contributed by atoms with Crippen LogP contribution in [0.4, 0.5) is 9.18 Å². The molecule has 2 unspecified atom stereocenters. The average Bonchev–Trinajstić information content (AvgIpc) is 2.44. The number of nitrogens with one attached hydrogen (secondary N) is 1. The third-order valence-electron chi connectivity index (χ3n) is 3.99. The summed E-state index contributed by atoms with van der Waals surface area (Å²) in [5.74, 6) is -0.302. The van der Waals surface area contributed by atoms with Crippen molar-refractivity contribution in [1.29, 1.82) is 0 Å². The van der Waals surface area contributed by atoms with Gasteiger partial charge < -0.3 is 14.8 Å². The van der Waals surface area contributed by atoms with E-state index in [1.807, 2.05) is 4.90 Å². The van der Waals surface area contributed by atoms with Crippen LogP contribution in [0.1, 0.15) is 47.5 Å². The van der Waals surface area contributed by atoms with Crippen LogP contribution >= 0.6 is 0 Å². The van der Waals surface area contributed by atoms with Crippen LogP contribution < -0.4 is 5.32 Å². The summed E-state index contributed by atoms with van der Waals surface area (Å²) in [6.45, 7) is 10.3. The minimum atomic E-state index is -0.895. The smallest absolute Gasteiger partial charge is 0.407 e. The number of esters is 1. The monoisotopic (exact) mass is 346 g/mol. The summed E-state index contributed by atoms with van der Waals surface area (Å²) in [4.78, 5) is 25.7. The molecule has 1 saturated heterocycles. The number of alkyl halides is 1. The molecule has 0 saturated carbocycles. The Hall–Kier alpha value is -1.37. The fourth-order valence-corrected chi connectivity index (χ4v) is 2.84. The van der Waals surface area contributed by atoms with Gasteiger partial charge in [0.15, 0.2) is 0 Å². The van der Waals surface area contributed by atoms with Gasteiger partial charge in [0.1, 0.15) is 11.8 Å². The third kappa shape index (κ3) is 6.63. The maximum atomic E-state index is 13.8. The molecule has 1 amide bonds. The van der Waals surface area contributed by atoms with E-state index in [4.69, 9.17) is 9.47 Å². The number of carbonyl (C=O) groups is 2. The number of ether oxygens (including phenoxy) is 2. The molecule has 0 aromatic heterocycles. The minimum absolute atomic E-state index is 0.176. The second-order valence-electron chi connectivity index (χ2n) is 8.00. The van der Waals surface area contributed by atoms with E-state index in [1.165, 1.54) is 7.11 Å². The summed E-state index contributed by atoms with van der Waals surface area (Å²) in [6, 6.07) is -0.176. The second kappa shape index (κ2) is 8.14. The molecule has 6 nitrogen and oxygen atoms in total. The number of methoxy groups -OCH3 is 1. The molecule has 1 rings (SSSR count). The van der Waals surface area contributed by atoms with E-state index in [9.17, 15) is 14.0 Å². The third-order valence-corrected chi connectivity index (χ3v) is 3.99. The summed E-state index contributed by atoms with van der Waals surface area (Å²) in [5, 5.41) is 2.70. The number of likely N-dealkylation sites (tertiary alicyclic amines) is 1. The van der Waals surface area contributed by atoms with E-state index >= 15 is 0 Å². The number of rotatable bonds is 5. The molecule has 0 aliphatic carbocycles. The summed E-state index contributed by atoms with van der Waals surface area (Å²) in [6.07, 6.45) is -0.656. The predicted molar refractivity (Wildman–Crippen MR) is 89.5 cm³/mol. The van der Waals surface area contributed by atoms with Gasteiger partial charge in [-0.05, 0) is 47.5 Å². The van der Waals surface area contributed by atoms with Gasteiger partial charge in [-0.3, -0.25) is 9.69 Å². The van der Waals surface area contributed by atoms with Gasteiger partial charge in [-0.2, -0.15) is 0 Å². The Kier molecular flexibility index (Phi) is 7.01. The molecular formula is C17H31FN2O4. The molecule has 2 atom stereocenters. The topological polar surface area (TPSA) is 67.9 Å². The van der Waals surface area contributed by atoms with Crippen LogP contribution in [-0.4, -0.2) is 61.5 Å². The van der Waals surface area contributed by atoms with Crippen molar-refractivity contribution in [2.75, 3.05) is 26.7 Å². The van der Waals surface area contributed by atoms with Gasteiger partial charge in [-0.25, -0.2) is 9.18 Å². The van der Waals surface area contributed by atoms with Gasteiger partial charge in [0.2, 0.25) is 0 Å². The highest BCUT2D eigenvalue weighted by Crippen LogP contribution is 2.26. The SMILES string of the molecule is COC(=O)C(C)(C)CN1CCC(F)CC1CNC(=O)OC(C)(C)C. The summed E-state index contributed by atoms with van der Waals surface area (Å²) in [5.41, 5.74) is -1.27. The van der Waals surface area contributed by atoms with Gasteiger partial charge in [0, 0.05) is 25.7 Å². The van der Waals surface area contributed by atoms with E-state index in [0.29, 0.717) is 25.9 Å². The lowest BCUT2D eigenvalue weighted by Crippen LogP contribution is -2.53. The quantitative estimate of drug-likeness (QED) is 0.775. The molecule has 140 valence electrons. The first-order valence-corrected chi connectivity index (χ1v) is 8.38. The molecule has 7 heteroatoms. The first-order valence-electron chi connectivity index (χ1n) is 8.38. The van der Waals surface area contributed by atoms with Crippen molar-refractivity contribution in [2.45, 2.75) is 65.3 Å². The van der Waals surface area contributed by atoms with E-state index in [2.05, 4.69) is 5.32 Å². The van der Waals surface area contributed by atoms with Crippen molar-refractivity contribution in [2.24, 2.45) is 5.41 Å². The minimum Gasteiger partial charge on any atom is -0.469 e. The van der Waals surface area contributed by atoms with Crippen LogP contribution in [0.25, 0.3) is 0 Å². The first-order chi connectivity index (χ1) is 10.9. The average molecular weight is 346 g/mol. The maximum Gasteiger partial charge on any atom is 0.407 e. The van der Waals surface area contributed by atoms with Crippen LogP contribution in [0.5, 0.6) is 0 Å². The number of nitrogens with zero attached hydrogens (tertiary/aromatic N) is 1. The molecule has 0 bridgehead atoms. The zero-order chi connectivity index (χ0) is 18.5. The molecule has 24 heavy (non-hydrogen) atoms. The highest BCUT2D eigenvalue weighted by atomic mass is 19.1. The Labute approximate surface area is 144 Å². The number of hydrogen-bond acceptors (Lipinski definition) is 5. The molecule has 1 heterocycles. The van der Waals surface area contributed by atoms with E-state index in [1.54, 1.807) is 34.6 Å². The highest BCUT2D eigenvalue weighted by molar-refractivity contribution is 5.76. The molecule has 1 aliphatic rings. The molecule has 0 radical (unpaired) electrons. The zero-order valence-corrected chi connectivity index (χ0v) is 15.6. The largest absolute Gasteiger partial charge is 0.469 e. The van der Waals surface area contributed by atoms with Gasteiger partial charge in [-0.1, -0.05) is 0 Å². The summed E-state index contributed by atoms with van der Waals surface area (Å²) >= 11 is 0. The van der Waals surface area contributed by atoms with E-state index < -0.39 is 23.3 Å². The number of amides is 1. The summed E-state index contributed by atoms with van der Waals surface area (Å²) in [7, 11) is 1.36. The lowest BCUT2D eigenvalue weighted by Gasteiger charge is -2.40. The fourth-order valence-electron chi connectivity index (χ4n) is 2.84. The Morgan fingerprint density at radius 3 is 2.42 bits per heavy atom. The van der Waals surface area contributed by atoms with Crippen LogP contribution in [-0.2, 0) is 14.3 Å². The summed E-state index contributed by atoms with van der Waals surface area (Å²) < 4.78 is 23.8. The lowest BCUT2D eigenvalue weighted by atomic mass is 9.90. The van der Waals surface area contributed by atoms with Gasteiger partial charge in [-0.15, -0.1) is 0 Å². The Morgan fingerprint density at radius 1 is 1.25 bits per heavy atom. The molecule has 1 aliphatic heterocycles. The van der Waals surface area contributed by atoms with Gasteiger partial charge >= 0.3 is 12.1 Å². The Balaban J connectivity index is 2.66. The molecular weight excluding hydrogens is 315 g/mol. The van der Waals surface area contributed by atoms with Crippen molar-refractivity contribution < 1.29 is 23.5 Å². The first kappa shape index (κ1) is 20.7. The maximum absolute atomic E-state index is 13.8. The number of carbonyl (C=O) groups excluding carboxylic acids is 2.